The quantitative estimate of drug-likeness (QED) is 0.903. The Bertz CT molecular complexity index is 712. The predicted octanol–water partition coefficient (Wildman–Crippen LogP) is 4.50. The fourth-order valence-electron chi connectivity index (χ4n) is 3.18. The molecule has 108 valence electrons. The molecule has 0 saturated carbocycles. The summed E-state index contributed by atoms with van der Waals surface area (Å²) in [6.45, 7) is 0. The number of aryl methyl sites for hydroxylation is 1. The number of rotatable bonds is 3. The molecule has 3 rings (SSSR count). The molecule has 0 amide bonds. The van der Waals surface area contributed by atoms with Crippen molar-refractivity contribution in [3.05, 3.63) is 69.2 Å². The minimum absolute atomic E-state index is 0.360. The largest absolute Gasteiger partial charge is 0.481 e. The molecule has 2 aromatic rings. The van der Waals surface area contributed by atoms with Crippen molar-refractivity contribution in [1.82, 2.24) is 0 Å². The normalized spacial score (nSPS) is 20.3. The van der Waals surface area contributed by atoms with Crippen molar-refractivity contribution < 1.29 is 9.90 Å². The van der Waals surface area contributed by atoms with Crippen LogP contribution in [0.4, 0.5) is 0 Å². The summed E-state index contributed by atoms with van der Waals surface area (Å²) in [7, 11) is 0. The van der Waals surface area contributed by atoms with Crippen LogP contribution in [0.1, 0.15) is 23.1 Å². The van der Waals surface area contributed by atoms with Crippen molar-refractivity contribution >= 4 is 29.2 Å². The molecule has 1 unspecified atom stereocenters. The van der Waals surface area contributed by atoms with Crippen LogP contribution in [0, 0.1) is 0 Å². The number of hydrogen-bond donors (Lipinski definition) is 1. The highest BCUT2D eigenvalue weighted by molar-refractivity contribution is 6.42. The number of carboxylic acids is 1. The minimum atomic E-state index is -0.912. The second-order valence-electron chi connectivity index (χ2n) is 5.43. The summed E-state index contributed by atoms with van der Waals surface area (Å²) in [6.07, 6.45) is 1.73. The first-order valence-electron chi connectivity index (χ1n) is 6.79. The lowest BCUT2D eigenvalue weighted by Gasteiger charge is -2.26. The molecule has 0 aromatic heterocycles. The highest BCUT2D eigenvalue weighted by Gasteiger charge is 2.45. The van der Waals surface area contributed by atoms with Crippen LogP contribution in [0.15, 0.2) is 42.5 Å². The van der Waals surface area contributed by atoms with Gasteiger partial charge in [0.2, 0.25) is 0 Å². The van der Waals surface area contributed by atoms with Crippen molar-refractivity contribution in [3.63, 3.8) is 0 Å². The van der Waals surface area contributed by atoms with Gasteiger partial charge in [-0.2, -0.15) is 0 Å². The van der Waals surface area contributed by atoms with Crippen molar-refractivity contribution in [3.8, 4) is 0 Å². The van der Waals surface area contributed by atoms with Gasteiger partial charge in [0.15, 0.2) is 0 Å². The van der Waals surface area contributed by atoms with E-state index >= 15 is 0 Å². The number of aliphatic carboxylic acids is 1. The van der Waals surface area contributed by atoms with E-state index in [1.54, 1.807) is 12.1 Å². The molecular formula is C17H14Cl2O2. The first-order chi connectivity index (χ1) is 10.0. The number of halogens is 2. The van der Waals surface area contributed by atoms with Crippen molar-refractivity contribution in [2.45, 2.75) is 24.7 Å². The zero-order chi connectivity index (χ0) is 15.0. The Morgan fingerprint density at radius 2 is 1.90 bits per heavy atom. The molecule has 1 aliphatic rings. The van der Waals surface area contributed by atoms with Gasteiger partial charge in [0, 0.05) is 0 Å². The predicted molar refractivity (Wildman–Crippen MR) is 84.2 cm³/mol. The second kappa shape index (κ2) is 5.36. The molecule has 2 nitrogen and oxygen atoms in total. The van der Waals surface area contributed by atoms with Gasteiger partial charge in [-0.15, -0.1) is 0 Å². The van der Waals surface area contributed by atoms with E-state index in [0.717, 1.165) is 23.1 Å². The molecule has 0 radical (unpaired) electrons. The number of fused-ring (bicyclic) bond motifs is 1. The van der Waals surface area contributed by atoms with Gasteiger partial charge in [-0.25, -0.2) is 0 Å². The highest BCUT2D eigenvalue weighted by Crippen LogP contribution is 2.43. The van der Waals surface area contributed by atoms with E-state index in [4.69, 9.17) is 23.2 Å². The van der Waals surface area contributed by atoms with E-state index in [1.807, 2.05) is 30.3 Å². The zero-order valence-corrected chi connectivity index (χ0v) is 12.8. The van der Waals surface area contributed by atoms with E-state index in [2.05, 4.69) is 0 Å². The van der Waals surface area contributed by atoms with Crippen molar-refractivity contribution in [2.24, 2.45) is 0 Å². The molecule has 0 saturated heterocycles. The molecule has 0 heterocycles. The van der Waals surface area contributed by atoms with E-state index in [9.17, 15) is 9.90 Å². The average molecular weight is 321 g/mol. The molecule has 1 aliphatic carbocycles. The van der Waals surface area contributed by atoms with Crippen LogP contribution < -0.4 is 0 Å². The molecule has 1 atom stereocenters. The van der Waals surface area contributed by atoms with Crippen LogP contribution in [0.25, 0.3) is 0 Å². The first kappa shape index (κ1) is 14.4. The number of carbonyl (C=O) groups is 1. The lowest BCUT2D eigenvalue weighted by molar-refractivity contribution is -0.143. The Labute approximate surface area is 133 Å². The van der Waals surface area contributed by atoms with Gasteiger partial charge in [0.1, 0.15) is 0 Å². The van der Waals surface area contributed by atoms with Crippen LogP contribution in [-0.2, 0) is 23.1 Å². The Morgan fingerprint density at radius 1 is 1.14 bits per heavy atom. The lowest BCUT2D eigenvalue weighted by Crippen LogP contribution is -2.36. The van der Waals surface area contributed by atoms with E-state index in [-0.39, 0.29) is 0 Å². The number of benzene rings is 2. The fraction of sp³-hybridized carbons (Fsp3) is 0.235. The van der Waals surface area contributed by atoms with Gasteiger partial charge in [-0.1, -0.05) is 59.6 Å². The van der Waals surface area contributed by atoms with Crippen LogP contribution in [-0.4, -0.2) is 11.1 Å². The second-order valence-corrected chi connectivity index (χ2v) is 6.22. The Kier molecular flexibility index (Phi) is 3.68. The third kappa shape index (κ3) is 2.33. The Balaban J connectivity index is 2.09. The summed E-state index contributed by atoms with van der Waals surface area (Å²) in [5, 5.41) is 10.8. The maximum absolute atomic E-state index is 12.0. The van der Waals surface area contributed by atoms with Crippen LogP contribution in [0.2, 0.25) is 10.0 Å². The van der Waals surface area contributed by atoms with Gasteiger partial charge in [0.05, 0.1) is 15.5 Å². The zero-order valence-electron chi connectivity index (χ0n) is 11.3. The molecule has 0 fully saturated rings. The average Bonchev–Trinajstić information content (AvgIpc) is 2.84. The molecule has 1 N–H and O–H groups in total. The van der Waals surface area contributed by atoms with Gasteiger partial charge in [-0.05, 0) is 42.0 Å². The highest BCUT2D eigenvalue weighted by atomic mass is 35.5. The number of hydrogen-bond acceptors (Lipinski definition) is 1. The third-order valence-corrected chi connectivity index (χ3v) is 5.15. The molecule has 4 heteroatoms. The van der Waals surface area contributed by atoms with Crippen LogP contribution in [0.5, 0.6) is 0 Å². The van der Waals surface area contributed by atoms with Gasteiger partial charge in [0.25, 0.3) is 0 Å². The van der Waals surface area contributed by atoms with Gasteiger partial charge >= 0.3 is 5.97 Å². The Hall–Kier alpha value is -1.51. The third-order valence-electron chi connectivity index (χ3n) is 4.29. The van der Waals surface area contributed by atoms with Gasteiger partial charge in [-0.3, -0.25) is 4.79 Å². The molecule has 21 heavy (non-hydrogen) atoms. The van der Waals surface area contributed by atoms with Crippen molar-refractivity contribution in [2.75, 3.05) is 0 Å². The maximum Gasteiger partial charge on any atom is 0.314 e. The molecular weight excluding hydrogens is 307 g/mol. The summed E-state index contributed by atoms with van der Waals surface area (Å²) in [5.74, 6) is -0.802. The Morgan fingerprint density at radius 3 is 2.67 bits per heavy atom. The summed E-state index contributed by atoms with van der Waals surface area (Å²) in [6, 6.07) is 13.1. The lowest BCUT2D eigenvalue weighted by atomic mass is 9.76. The van der Waals surface area contributed by atoms with E-state index < -0.39 is 11.4 Å². The topological polar surface area (TPSA) is 37.3 Å². The van der Waals surface area contributed by atoms with E-state index in [0.29, 0.717) is 22.9 Å². The van der Waals surface area contributed by atoms with Crippen LogP contribution in [0.3, 0.4) is 0 Å². The monoisotopic (exact) mass is 320 g/mol. The molecule has 0 spiro atoms. The molecule has 0 aliphatic heterocycles. The summed E-state index contributed by atoms with van der Waals surface area (Å²) in [4.78, 5) is 12.0. The number of carboxylic acid groups (broad SMARTS) is 1. The smallest absolute Gasteiger partial charge is 0.314 e. The van der Waals surface area contributed by atoms with E-state index in [1.165, 1.54) is 0 Å². The SMILES string of the molecule is O=C(O)C1(Cc2cccc(Cl)c2Cl)CCc2ccccc21. The van der Waals surface area contributed by atoms with Gasteiger partial charge < -0.3 is 5.11 Å². The standard InChI is InChI=1S/C17H14Cl2O2/c18-14-7-3-5-12(15(14)19)10-17(16(20)21)9-8-11-4-1-2-6-13(11)17/h1-7H,8-10H2,(H,20,21). The summed E-state index contributed by atoms with van der Waals surface area (Å²) >= 11 is 12.3. The first-order valence-corrected chi connectivity index (χ1v) is 7.55. The van der Waals surface area contributed by atoms with Crippen molar-refractivity contribution in [1.29, 1.82) is 0 Å². The molecule has 2 aromatic carbocycles. The fourth-order valence-corrected chi connectivity index (χ4v) is 3.57. The van der Waals surface area contributed by atoms with Crippen LogP contribution >= 0.6 is 23.2 Å². The summed E-state index contributed by atoms with van der Waals surface area (Å²) in [5.41, 5.74) is 1.88. The minimum Gasteiger partial charge on any atom is -0.481 e. The maximum atomic E-state index is 12.0. The molecule has 0 bridgehead atoms. The summed E-state index contributed by atoms with van der Waals surface area (Å²) < 4.78 is 0.